The lowest BCUT2D eigenvalue weighted by molar-refractivity contribution is 0.0112. The normalized spacial score (nSPS) is 16.2. The molecule has 0 spiro atoms. The first-order chi connectivity index (χ1) is 11.8. The van der Waals surface area contributed by atoms with Gasteiger partial charge in [0.1, 0.15) is 12.3 Å². The van der Waals surface area contributed by atoms with E-state index in [1.54, 1.807) is 4.90 Å². The molecule has 1 aliphatic heterocycles. The average molecular weight is 366 g/mol. The van der Waals surface area contributed by atoms with Crippen LogP contribution >= 0.6 is 11.3 Å². The number of ether oxygens (including phenoxy) is 1. The van der Waals surface area contributed by atoms with E-state index in [1.165, 1.54) is 16.0 Å². The summed E-state index contributed by atoms with van der Waals surface area (Å²) >= 11 is 1.47. The van der Waals surface area contributed by atoms with E-state index in [1.807, 2.05) is 38.3 Å². The molecule has 8 nitrogen and oxygen atoms in total. The molecule has 2 aromatic rings. The van der Waals surface area contributed by atoms with Crippen molar-refractivity contribution in [2.75, 3.05) is 26.2 Å². The smallest absolute Gasteiger partial charge is 0.438 e. The molecule has 0 N–H and O–H groups in total. The highest BCUT2D eigenvalue weighted by Crippen LogP contribution is 2.21. The molecule has 1 aliphatic rings. The summed E-state index contributed by atoms with van der Waals surface area (Å²) in [6.45, 7) is 8.30. The third-order valence-electron chi connectivity index (χ3n) is 3.70. The average Bonchev–Trinajstić information content (AvgIpc) is 3.17. The summed E-state index contributed by atoms with van der Waals surface area (Å²) in [5.74, 6) is -0.134. The zero-order valence-corrected chi connectivity index (χ0v) is 15.4. The van der Waals surface area contributed by atoms with Crippen molar-refractivity contribution in [3.63, 3.8) is 0 Å². The highest BCUT2D eigenvalue weighted by molar-refractivity contribution is 7.13. The van der Waals surface area contributed by atoms with Crippen molar-refractivity contribution in [2.45, 2.75) is 33.0 Å². The number of aromatic nitrogens is 2. The van der Waals surface area contributed by atoms with Crippen LogP contribution in [0, 0.1) is 0 Å². The summed E-state index contributed by atoms with van der Waals surface area (Å²) in [6.07, 6.45) is -0.300. The van der Waals surface area contributed by atoms with E-state index >= 15 is 0 Å². The molecule has 0 atom stereocenters. The Morgan fingerprint density at radius 3 is 2.64 bits per heavy atom. The van der Waals surface area contributed by atoms with Gasteiger partial charge in [-0.2, -0.15) is 4.68 Å². The van der Waals surface area contributed by atoms with Gasteiger partial charge in [0.25, 0.3) is 5.89 Å². The molecule has 0 bridgehead atoms. The molecule has 1 saturated heterocycles. The number of nitrogens with zero attached hydrogens (tertiary/aromatic N) is 4. The van der Waals surface area contributed by atoms with Gasteiger partial charge in [0, 0.05) is 26.2 Å². The number of carbonyl (C=O) groups excluding carboxylic acids is 1. The maximum Gasteiger partial charge on any atom is 0.438 e. The fourth-order valence-corrected chi connectivity index (χ4v) is 3.13. The largest absolute Gasteiger partial charge is 0.444 e. The van der Waals surface area contributed by atoms with E-state index in [9.17, 15) is 9.59 Å². The Morgan fingerprint density at radius 1 is 1.32 bits per heavy atom. The van der Waals surface area contributed by atoms with Crippen molar-refractivity contribution >= 4 is 17.4 Å². The van der Waals surface area contributed by atoms with E-state index in [4.69, 9.17) is 9.15 Å². The fraction of sp³-hybridized carbons (Fsp3) is 0.562. The number of amides is 1. The Hall–Kier alpha value is -2.13. The molecule has 0 unspecified atom stereocenters. The first kappa shape index (κ1) is 17.7. The van der Waals surface area contributed by atoms with Crippen LogP contribution in [-0.4, -0.2) is 57.5 Å². The maximum absolute atomic E-state index is 12.1. The van der Waals surface area contributed by atoms with Gasteiger partial charge in [0.2, 0.25) is 0 Å². The third-order valence-corrected chi connectivity index (χ3v) is 4.55. The standard InChI is InChI=1S/C16H22N4O4S/c1-16(2,3)24-14(21)19-8-6-18(7-9-19)11-20-15(22)23-13(17-20)12-5-4-10-25-12/h4-5,10H,6-9,11H2,1-3H3. The van der Waals surface area contributed by atoms with Crippen LogP contribution in [0.5, 0.6) is 0 Å². The number of carbonyl (C=O) groups is 1. The predicted molar refractivity (Wildman–Crippen MR) is 93.5 cm³/mol. The SMILES string of the molecule is CC(C)(C)OC(=O)N1CCN(Cn2nc(-c3cccs3)oc2=O)CC1. The van der Waals surface area contributed by atoms with Gasteiger partial charge in [-0.1, -0.05) is 6.07 Å². The second kappa shape index (κ2) is 7.01. The summed E-state index contributed by atoms with van der Waals surface area (Å²) in [5.41, 5.74) is -0.500. The lowest BCUT2D eigenvalue weighted by Crippen LogP contribution is -2.50. The summed E-state index contributed by atoms with van der Waals surface area (Å²) in [4.78, 5) is 28.6. The Kier molecular flexibility index (Phi) is 4.96. The van der Waals surface area contributed by atoms with Crippen LogP contribution < -0.4 is 5.76 Å². The molecule has 0 radical (unpaired) electrons. The van der Waals surface area contributed by atoms with E-state index < -0.39 is 11.4 Å². The minimum absolute atomic E-state index is 0.300. The monoisotopic (exact) mass is 366 g/mol. The number of thiophene rings is 1. The molecule has 0 aliphatic carbocycles. The molecule has 0 aromatic carbocycles. The van der Waals surface area contributed by atoms with Gasteiger partial charge in [-0.15, -0.1) is 16.4 Å². The number of hydrogen-bond donors (Lipinski definition) is 0. The van der Waals surface area contributed by atoms with Crippen molar-refractivity contribution in [2.24, 2.45) is 0 Å². The van der Waals surface area contributed by atoms with Crippen molar-refractivity contribution < 1.29 is 13.9 Å². The molecule has 9 heteroatoms. The quantitative estimate of drug-likeness (QED) is 0.827. The molecular formula is C16H22N4O4S. The molecule has 0 saturated carbocycles. The minimum Gasteiger partial charge on any atom is -0.444 e. The summed E-state index contributed by atoms with van der Waals surface area (Å²) in [7, 11) is 0. The number of hydrogen-bond acceptors (Lipinski definition) is 7. The lowest BCUT2D eigenvalue weighted by Gasteiger charge is -2.35. The Bertz CT molecular complexity index is 767. The van der Waals surface area contributed by atoms with E-state index in [2.05, 4.69) is 10.00 Å². The second-order valence-corrected chi connectivity index (χ2v) is 7.82. The van der Waals surface area contributed by atoms with Crippen LogP contribution in [-0.2, 0) is 11.4 Å². The topological polar surface area (TPSA) is 80.8 Å². The maximum atomic E-state index is 12.1. The molecule has 2 aromatic heterocycles. The van der Waals surface area contributed by atoms with Crippen molar-refractivity contribution in [1.29, 1.82) is 0 Å². The van der Waals surface area contributed by atoms with Gasteiger partial charge >= 0.3 is 11.8 Å². The van der Waals surface area contributed by atoms with Gasteiger partial charge < -0.3 is 14.1 Å². The molecule has 1 amide bonds. The third kappa shape index (κ3) is 4.49. The van der Waals surface area contributed by atoms with Crippen LogP contribution in [0.1, 0.15) is 20.8 Å². The van der Waals surface area contributed by atoms with Crippen LogP contribution in [0.4, 0.5) is 4.79 Å². The second-order valence-electron chi connectivity index (χ2n) is 6.88. The van der Waals surface area contributed by atoms with Crippen LogP contribution in [0.25, 0.3) is 10.8 Å². The minimum atomic E-state index is -0.500. The van der Waals surface area contributed by atoms with E-state index in [-0.39, 0.29) is 6.09 Å². The summed E-state index contributed by atoms with van der Waals surface area (Å²) in [6, 6.07) is 3.74. The Labute approximate surface area is 149 Å². The van der Waals surface area contributed by atoms with Gasteiger partial charge in [-0.3, -0.25) is 4.90 Å². The first-order valence-corrected chi connectivity index (χ1v) is 9.02. The highest BCUT2D eigenvalue weighted by atomic mass is 32.1. The fourth-order valence-electron chi connectivity index (χ4n) is 2.48. The highest BCUT2D eigenvalue weighted by Gasteiger charge is 2.26. The van der Waals surface area contributed by atoms with Crippen LogP contribution in [0.3, 0.4) is 0 Å². The molecule has 1 fully saturated rings. The predicted octanol–water partition coefficient (Wildman–Crippen LogP) is 2.08. The zero-order valence-electron chi connectivity index (χ0n) is 14.6. The number of rotatable bonds is 3. The summed E-state index contributed by atoms with van der Waals surface area (Å²) in [5, 5.41) is 6.16. The van der Waals surface area contributed by atoms with Crippen molar-refractivity contribution in [3.8, 4) is 10.8 Å². The molecular weight excluding hydrogens is 344 g/mol. The van der Waals surface area contributed by atoms with Gasteiger partial charge in [-0.25, -0.2) is 9.59 Å². The van der Waals surface area contributed by atoms with Gasteiger partial charge in [0.15, 0.2) is 0 Å². The van der Waals surface area contributed by atoms with E-state index in [0.29, 0.717) is 38.7 Å². The Balaban J connectivity index is 1.56. The van der Waals surface area contributed by atoms with Crippen LogP contribution in [0.15, 0.2) is 26.7 Å². The molecule has 136 valence electrons. The molecule has 3 rings (SSSR count). The molecule has 25 heavy (non-hydrogen) atoms. The van der Waals surface area contributed by atoms with Gasteiger partial charge in [-0.05, 0) is 32.2 Å². The zero-order chi connectivity index (χ0) is 18.0. The Morgan fingerprint density at radius 2 is 2.04 bits per heavy atom. The first-order valence-electron chi connectivity index (χ1n) is 8.14. The molecule has 3 heterocycles. The lowest BCUT2D eigenvalue weighted by atomic mass is 10.2. The van der Waals surface area contributed by atoms with Gasteiger partial charge in [0.05, 0.1) is 4.88 Å². The van der Waals surface area contributed by atoms with Crippen molar-refractivity contribution in [3.05, 3.63) is 28.1 Å². The van der Waals surface area contributed by atoms with E-state index in [0.717, 1.165) is 4.88 Å². The van der Waals surface area contributed by atoms with Crippen LogP contribution in [0.2, 0.25) is 0 Å². The number of piperazine rings is 1. The van der Waals surface area contributed by atoms with Crippen molar-refractivity contribution in [1.82, 2.24) is 19.6 Å². The summed E-state index contributed by atoms with van der Waals surface area (Å²) < 4.78 is 11.9.